The predicted octanol–water partition coefficient (Wildman–Crippen LogP) is 1.25. The zero-order valence-electron chi connectivity index (χ0n) is 15.7. The number of fused-ring (bicyclic) bond motifs is 1. The molecule has 2 N–H and O–H groups in total. The lowest BCUT2D eigenvalue weighted by Gasteiger charge is -2.32. The predicted molar refractivity (Wildman–Crippen MR) is 100 cm³/mol. The molecule has 2 aliphatic heterocycles. The van der Waals surface area contributed by atoms with Crippen LogP contribution in [0.25, 0.3) is 0 Å². The van der Waals surface area contributed by atoms with E-state index in [1.54, 1.807) is 13.0 Å². The molecule has 0 aliphatic carbocycles. The van der Waals surface area contributed by atoms with E-state index in [2.05, 4.69) is 10.6 Å². The maximum atomic E-state index is 13.2. The molecular weight excluding hydrogens is 370 g/mol. The molecule has 0 radical (unpaired) electrons. The highest BCUT2D eigenvalue weighted by molar-refractivity contribution is 7.89. The summed E-state index contributed by atoms with van der Waals surface area (Å²) in [5.74, 6) is -0.403. The van der Waals surface area contributed by atoms with Gasteiger partial charge in [0.1, 0.15) is 5.75 Å². The van der Waals surface area contributed by atoms with Crippen molar-refractivity contribution in [2.45, 2.75) is 44.6 Å². The topological polar surface area (TPSA) is 105 Å². The van der Waals surface area contributed by atoms with E-state index in [9.17, 15) is 18.0 Å². The number of carbonyl (C=O) groups is 2. The molecule has 1 fully saturated rings. The summed E-state index contributed by atoms with van der Waals surface area (Å²) < 4.78 is 33.1. The van der Waals surface area contributed by atoms with E-state index in [1.807, 2.05) is 13.8 Å². The van der Waals surface area contributed by atoms with Gasteiger partial charge in [0.25, 0.3) is 5.91 Å². The van der Waals surface area contributed by atoms with Gasteiger partial charge in [-0.1, -0.05) is 0 Å². The number of piperidine rings is 1. The maximum absolute atomic E-state index is 13.2. The van der Waals surface area contributed by atoms with Crippen LogP contribution in [0.15, 0.2) is 17.0 Å². The lowest BCUT2D eigenvalue weighted by molar-refractivity contribution is -0.126. The highest BCUT2D eigenvalue weighted by atomic mass is 32.2. The molecule has 0 aromatic heterocycles. The van der Waals surface area contributed by atoms with Crippen LogP contribution in [0.1, 0.15) is 32.3 Å². The van der Waals surface area contributed by atoms with Gasteiger partial charge in [-0.15, -0.1) is 0 Å². The van der Waals surface area contributed by atoms with E-state index in [0.29, 0.717) is 36.4 Å². The molecule has 0 saturated carbocycles. The number of nitrogens with zero attached hydrogens (tertiary/aromatic N) is 1. The van der Waals surface area contributed by atoms with Crippen LogP contribution < -0.4 is 15.4 Å². The molecule has 1 saturated heterocycles. The lowest BCUT2D eigenvalue weighted by Crippen LogP contribution is -2.46. The summed E-state index contributed by atoms with van der Waals surface area (Å²) in [5.41, 5.74) is 0.990. The third kappa shape index (κ3) is 4.08. The van der Waals surface area contributed by atoms with Crippen LogP contribution in [0.5, 0.6) is 5.75 Å². The Morgan fingerprint density at radius 3 is 2.81 bits per heavy atom. The number of carbonyl (C=O) groups excluding carboxylic acids is 2. The van der Waals surface area contributed by atoms with Gasteiger partial charge in [0.2, 0.25) is 15.9 Å². The minimum absolute atomic E-state index is 0.0136. The summed E-state index contributed by atoms with van der Waals surface area (Å²) in [6, 6.07) is 3.07. The fraction of sp³-hybridized carbons (Fsp3) is 0.556. The Labute approximate surface area is 159 Å². The largest absolute Gasteiger partial charge is 0.482 e. The van der Waals surface area contributed by atoms with E-state index in [0.717, 1.165) is 0 Å². The van der Waals surface area contributed by atoms with Crippen molar-refractivity contribution in [2.75, 3.05) is 25.0 Å². The maximum Gasteiger partial charge on any atom is 0.262 e. The summed E-state index contributed by atoms with van der Waals surface area (Å²) >= 11 is 0. The second kappa shape index (κ2) is 7.47. The van der Waals surface area contributed by atoms with E-state index >= 15 is 0 Å². The number of amides is 2. The first-order valence-corrected chi connectivity index (χ1v) is 10.5. The summed E-state index contributed by atoms with van der Waals surface area (Å²) in [7, 11) is -3.77. The average Bonchev–Trinajstić information content (AvgIpc) is 2.60. The molecule has 8 nitrogen and oxygen atoms in total. The SMILES string of the molecule is Cc1cc2c(cc1S(=O)(=O)N1CCC[C@@H](C(=O)NC(C)C)C1)OCC(=O)N2. The molecule has 9 heteroatoms. The van der Waals surface area contributed by atoms with Gasteiger partial charge < -0.3 is 15.4 Å². The average molecular weight is 395 g/mol. The zero-order valence-corrected chi connectivity index (χ0v) is 16.6. The van der Waals surface area contributed by atoms with Crippen LogP contribution in [0, 0.1) is 12.8 Å². The molecule has 1 atom stereocenters. The minimum atomic E-state index is -3.77. The van der Waals surface area contributed by atoms with Crippen LogP contribution in [-0.2, 0) is 19.6 Å². The smallest absolute Gasteiger partial charge is 0.262 e. The Balaban J connectivity index is 1.86. The van der Waals surface area contributed by atoms with Crippen molar-refractivity contribution in [1.29, 1.82) is 0 Å². The second-order valence-corrected chi connectivity index (χ2v) is 9.22. The number of nitrogens with one attached hydrogen (secondary N) is 2. The molecule has 148 valence electrons. The Morgan fingerprint density at radius 2 is 2.11 bits per heavy atom. The van der Waals surface area contributed by atoms with Gasteiger partial charge in [-0.2, -0.15) is 4.31 Å². The Bertz CT molecular complexity index is 866. The minimum Gasteiger partial charge on any atom is -0.482 e. The zero-order chi connectivity index (χ0) is 19.8. The number of ether oxygens (including phenoxy) is 1. The van der Waals surface area contributed by atoms with Crippen LogP contribution in [0.4, 0.5) is 5.69 Å². The molecule has 0 unspecified atom stereocenters. The van der Waals surface area contributed by atoms with Gasteiger partial charge >= 0.3 is 0 Å². The van der Waals surface area contributed by atoms with E-state index in [4.69, 9.17) is 4.74 Å². The van der Waals surface area contributed by atoms with Gasteiger partial charge in [-0.05, 0) is 45.2 Å². The van der Waals surface area contributed by atoms with Crippen LogP contribution in [-0.4, -0.2) is 50.3 Å². The number of benzene rings is 1. The molecule has 2 heterocycles. The number of hydrogen-bond donors (Lipinski definition) is 2. The van der Waals surface area contributed by atoms with Crippen molar-refractivity contribution in [3.8, 4) is 5.75 Å². The van der Waals surface area contributed by atoms with Gasteiger partial charge in [0.05, 0.1) is 16.5 Å². The second-order valence-electron chi connectivity index (χ2n) is 7.32. The van der Waals surface area contributed by atoms with Crippen molar-refractivity contribution in [1.82, 2.24) is 9.62 Å². The van der Waals surface area contributed by atoms with Gasteiger partial charge in [-0.25, -0.2) is 8.42 Å². The van der Waals surface area contributed by atoms with Crippen molar-refractivity contribution in [3.05, 3.63) is 17.7 Å². The first-order chi connectivity index (χ1) is 12.7. The highest BCUT2D eigenvalue weighted by Gasteiger charge is 2.35. The number of sulfonamides is 1. The first-order valence-electron chi connectivity index (χ1n) is 9.06. The Kier molecular flexibility index (Phi) is 5.43. The molecule has 1 aromatic carbocycles. The standard InChI is InChI=1S/C18H25N3O5S/c1-11(2)19-18(23)13-5-4-6-21(9-13)27(24,25)16-8-15-14(7-12(16)3)20-17(22)10-26-15/h7-8,11,13H,4-6,9-10H2,1-3H3,(H,19,23)(H,20,22)/t13-/m1/s1. The fourth-order valence-electron chi connectivity index (χ4n) is 3.41. The number of anilines is 1. The monoisotopic (exact) mass is 395 g/mol. The Morgan fingerprint density at radius 1 is 1.37 bits per heavy atom. The van der Waals surface area contributed by atoms with E-state index in [-0.39, 0.29) is 41.8 Å². The highest BCUT2D eigenvalue weighted by Crippen LogP contribution is 2.35. The van der Waals surface area contributed by atoms with E-state index in [1.165, 1.54) is 10.4 Å². The fourth-order valence-corrected chi connectivity index (χ4v) is 5.16. The molecule has 2 aliphatic rings. The summed E-state index contributed by atoms with van der Waals surface area (Å²) in [4.78, 5) is 23.9. The van der Waals surface area contributed by atoms with Gasteiger partial charge in [0, 0.05) is 25.2 Å². The van der Waals surface area contributed by atoms with Crippen molar-refractivity contribution < 1.29 is 22.7 Å². The molecular formula is C18H25N3O5S. The molecule has 0 bridgehead atoms. The quantitative estimate of drug-likeness (QED) is 0.798. The molecule has 27 heavy (non-hydrogen) atoms. The van der Waals surface area contributed by atoms with Crippen molar-refractivity contribution >= 4 is 27.5 Å². The number of hydrogen-bond acceptors (Lipinski definition) is 5. The molecule has 3 rings (SSSR count). The van der Waals surface area contributed by atoms with Crippen LogP contribution in [0.2, 0.25) is 0 Å². The Hall–Kier alpha value is -2.13. The summed E-state index contributed by atoms with van der Waals surface area (Å²) in [6.45, 7) is 5.84. The van der Waals surface area contributed by atoms with Gasteiger partial charge in [-0.3, -0.25) is 9.59 Å². The first kappa shape index (κ1) is 19.6. The molecule has 1 aromatic rings. The van der Waals surface area contributed by atoms with Crippen molar-refractivity contribution in [2.24, 2.45) is 5.92 Å². The lowest BCUT2D eigenvalue weighted by atomic mass is 9.98. The third-order valence-corrected chi connectivity index (χ3v) is 6.72. The number of aryl methyl sites for hydroxylation is 1. The van der Waals surface area contributed by atoms with Crippen LogP contribution >= 0.6 is 0 Å². The molecule has 0 spiro atoms. The van der Waals surface area contributed by atoms with Crippen LogP contribution in [0.3, 0.4) is 0 Å². The summed E-state index contributed by atoms with van der Waals surface area (Å²) in [5, 5.41) is 5.53. The van der Waals surface area contributed by atoms with E-state index < -0.39 is 10.0 Å². The molecule has 2 amide bonds. The third-order valence-electron chi connectivity index (χ3n) is 4.71. The van der Waals surface area contributed by atoms with Crippen molar-refractivity contribution in [3.63, 3.8) is 0 Å². The van der Waals surface area contributed by atoms with Gasteiger partial charge in [0.15, 0.2) is 6.61 Å². The normalized spacial score (nSPS) is 20.6. The summed E-state index contributed by atoms with van der Waals surface area (Å²) in [6.07, 6.45) is 1.30. The number of rotatable bonds is 4.